The second-order valence-electron chi connectivity index (χ2n) is 7.31. The van der Waals surface area contributed by atoms with E-state index in [1.54, 1.807) is 22.5 Å². The summed E-state index contributed by atoms with van der Waals surface area (Å²) in [7, 11) is -3.43. The average Bonchev–Trinajstić information content (AvgIpc) is 2.75. The minimum atomic E-state index is -3.43. The van der Waals surface area contributed by atoms with Gasteiger partial charge in [0.15, 0.2) is 0 Å². The molecule has 7 nitrogen and oxygen atoms in total. The molecule has 0 aliphatic carbocycles. The van der Waals surface area contributed by atoms with E-state index >= 15 is 0 Å². The molecule has 0 bridgehead atoms. The highest BCUT2D eigenvalue weighted by molar-refractivity contribution is 7.89. The number of pyridine rings is 1. The first-order valence-electron chi connectivity index (χ1n) is 9.79. The Morgan fingerprint density at radius 3 is 2.04 bits per heavy atom. The van der Waals surface area contributed by atoms with E-state index in [0.29, 0.717) is 13.1 Å². The maximum absolute atomic E-state index is 12.7. The Balaban J connectivity index is 1.40. The van der Waals surface area contributed by atoms with Gasteiger partial charge in [-0.2, -0.15) is 4.31 Å². The summed E-state index contributed by atoms with van der Waals surface area (Å²) in [6, 6.07) is 10.7. The third kappa shape index (κ3) is 3.93. The predicted molar refractivity (Wildman–Crippen MR) is 109 cm³/mol. The molecule has 0 spiro atoms. The molecule has 2 saturated heterocycles. The van der Waals surface area contributed by atoms with Gasteiger partial charge in [0.25, 0.3) is 0 Å². The Morgan fingerprint density at radius 2 is 1.43 bits per heavy atom. The van der Waals surface area contributed by atoms with Gasteiger partial charge in [-0.15, -0.1) is 0 Å². The van der Waals surface area contributed by atoms with E-state index in [2.05, 4.69) is 14.8 Å². The molecule has 2 aliphatic rings. The third-order valence-electron chi connectivity index (χ3n) is 5.49. The van der Waals surface area contributed by atoms with Gasteiger partial charge in [-0.25, -0.2) is 13.4 Å². The molecule has 0 radical (unpaired) electrons. The highest BCUT2D eigenvalue weighted by Gasteiger charge is 2.26. The van der Waals surface area contributed by atoms with Crippen molar-refractivity contribution in [2.75, 3.05) is 49.1 Å². The molecular formula is C20H26N4O3S. The summed E-state index contributed by atoms with van der Waals surface area (Å²) in [5.74, 6) is 1.08. The number of benzene rings is 1. The largest absolute Gasteiger partial charge is 0.508 e. The molecule has 28 heavy (non-hydrogen) atoms. The number of hydrogen-bond acceptors (Lipinski definition) is 6. The Bertz CT molecular complexity index is 886. The molecule has 150 valence electrons. The fraction of sp³-hybridized carbons (Fsp3) is 0.450. The lowest BCUT2D eigenvalue weighted by Gasteiger charge is -2.36. The van der Waals surface area contributed by atoms with Crippen molar-refractivity contribution in [3.8, 4) is 5.75 Å². The van der Waals surface area contributed by atoms with E-state index < -0.39 is 10.0 Å². The van der Waals surface area contributed by atoms with Crippen LogP contribution in [0.25, 0.3) is 0 Å². The van der Waals surface area contributed by atoms with Gasteiger partial charge >= 0.3 is 0 Å². The van der Waals surface area contributed by atoms with E-state index in [1.807, 2.05) is 18.2 Å². The molecular weight excluding hydrogens is 376 g/mol. The summed E-state index contributed by atoms with van der Waals surface area (Å²) < 4.78 is 27.1. The lowest BCUT2D eigenvalue weighted by atomic mass is 10.2. The molecule has 3 heterocycles. The third-order valence-corrected chi connectivity index (χ3v) is 7.37. The minimum Gasteiger partial charge on any atom is -0.508 e. The first-order valence-corrected chi connectivity index (χ1v) is 11.2. The molecule has 2 aromatic rings. The zero-order chi connectivity index (χ0) is 19.6. The molecule has 1 N–H and O–H groups in total. The van der Waals surface area contributed by atoms with Crippen LogP contribution in [0.5, 0.6) is 5.75 Å². The molecule has 0 saturated carbocycles. The van der Waals surface area contributed by atoms with Crippen molar-refractivity contribution in [1.29, 1.82) is 0 Å². The number of aromatic nitrogens is 1. The van der Waals surface area contributed by atoms with E-state index in [4.69, 9.17) is 0 Å². The second-order valence-corrected chi connectivity index (χ2v) is 9.25. The zero-order valence-electron chi connectivity index (χ0n) is 15.9. The highest BCUT2D eigenvalue weighted by atomic mass is 32.2. The Morgan fingerprint density at radius 1 is 0.786 bits per heavy atom. The maximum atomic E-state index is 12.7. The lowest BCUT2D eigenvalue weighted by Crippen LogP contribution is -2.46. The van der Waals surface area contributed by atoms with E-state index in [0.717, 1.165) is 56.9 Å². The van der Waals surface area contributed by atoms with Gasteiger partial charge in [0.2, 0.25) is 10.0 Å². The lowest BCUT2D eigenvalue weighted by molar-refractivity contribution is 0.346. The standard InChI is InChI=1S/C20H26N4O3S/c25-18-6-4-17(5-7-18)22-12-14-23(15-13-22)20-9-8-19(16-21-20)28(26,27)24-10-2-1-3-11-24/h4-9,16,25H,1-3,10-15H2. The van der Waals surface area contributed by atoms with E-state index in [9.17, 15) is 13.5 Å². The molecule has 2 aliphatic heterocycles. The number of nitrogens with zero attached hydrogens (tertiary/aromatic N) is 4. The normalized spacial score (nSPS) is 19.0. The van der Waals surface area contributed by atoms with Crippen LogP contribution in [0.2, 0.25) is 0 Å². The van der Waals surface area contributed by atoms with Crippen molar-refractivity contribution in [2.24, 2.45) is 0 Å². The topological polar surface area (TPSA) is 77.0 Å². The fourth-order valence-electron chi connectivity index (χ4n) is 3.82. The Labute approximate surface area is 166 Å². The fourth-order valence-corrected chi connectivity index (χ4v) is 5.29. The summed E-state index contributed by atoms with van der Waals surface area (Å²) in [5.41, 5.74) is 1.09. The highest BCUT2D eigenvalue weighted by Crippen LogP contribution is 2.24. The smallest absolute Gasteiger partial charge is 0.244 e. The molecule has 4 rings (SSSR count). The maximum Gasteiger partial charge on any atom is 0.244 e. The summed E-state index contributed by atoms with van der Waals surface area (Å²) >= 11 is 0. The van der Waals surface area contributed by atoms with Crippen molar-refractivity contribution in [3.63, 3.8) is 0 Å². The molecule has 8 heteroatoms. The number of sulfonamides is 1. The number of piperidine rings is 1. The van der Waals surface area contributed by atoms with Crippen molar-refractivity contribution in [1.82, 2.24) is 9.29 Å². The number of aromatic hydroxyl groups is 1. The minimum absolute atomic E-state index is 0.270. The van der Waals surface area contributed by atoms with Crippen molar-refractivity contribution in [2.45, 2.75) is 24.2 Å². The van der Waals surface area contributed by atoms with Crippen LogP contribution in [-0.4, -0.2) is 62.1 Å². The molecule has 0 unspecified atom stereocenters. The van der Waals surface area contributed by atoms with Crippen LogP contribution in [0.3, 0.4) is 0 Å². The monoisotopic (exact) mass is 402 g/mol. The molecule has 0 atom stereocenters. The van der Waals surface area contributed by atoms with Gasteiger partial charge in [0.05, 0.1) is 0 Å². The van der Waals surface area contributed by atoms with Crippen LogP contribution in [0.1, 0.15) is 19.3 Å². The number of anilines is 2. The summed E-state index contributed by atoms with van der Waals surface area (Å²) in [4.78, 5) is 9.16. The molecule has 0 amide bonds. The first kappa shape index (κ1) is 19.0. The molecule has 2 fully saturated rings. The number of piperazine rings is 1. The van der Waals surface area contributed by atoms with Crippen molar-refractivity contribution in [3.05, 3.63) is 42.6 Å². The first-order chi connectivity index (χ1) is 13.5. The van der Waals surface area contributed by atoms with Gasteiger partial charge < -0.3 is 14.9 Å². The van der Waals surface area contributed by atoms with Gasteiger partial charge in [-0.1, -0.05) is 6.42 Å². The van der Waals surface area contributed by atoms with Crippen LogP contribution < -0.4 is 9.80 Å². The number of rotatable bonds is 4. The van der Waals surface area contributed by atoms with Crippen LogP contribution in [0, 0.1) is 0 Å². The van der Waals surface area contributed by atoms with Gasteiger partial charge in [0.1, 0.15) is 16.5 Å². The Hall–Kier alpha value is -2.32. The summed E-state index contributed by atoms with van der Waals surface area (Å²) in [6.45, 7) is 4.52. The van der Waals surface area contributed by atoms with Crippen LogP contribution in [-0.2, 0) is 10.0 Å². The zero-order valence-corrected chi connectivity index (χ0v) is 16.7. The van der Waals surface area contributed by atoms with Crippen LogP contribution >= 0.6 is 0 Å². The second kappa shape index (κ2) is 7.97. The summed E-state index contributed by atoms with van der Waals surface area (Å²) in [5, 5.41) is 9.43. The Kier molecular flexibility index (Phi) is 5.41. The average molecular weight is 403 g/mol. The van der Waals surface area contributed by atoms with E-state index in [1.165, 1.54) is 6.20 Å². The number of phenolic OH excluding ortho intramolecular Hbond substituents is 1. The SMILES string of the molecule is O=S(=O)(c1ccc(N2CCN(c3ccc(O)cc3)CC2)nc1)N1CCCCC1. The van der Waals surface area contributed by atoms with Crippen molar-refractivity contribution < 1.29 is 13.5 Å². The van der Waals surface area contributed by atoms with Crippen molar-refractivity contribution >= 4 is 21.5 Å². The predicted octanol–water partition coefficient (Wildman–Crippen LogP) is 2.29. The van der Waals surface area contributed by atoms with Gasteiger partial charge in [0, 0.05) is 51.2 Å². The van der Waals surface area contributed by atoms with Crippen LogP contribution in [0.4, 0.5) is 11.5 Å². The quantitative estimate of drug-likeness (QED) is 0.846. The number of phenols is 1. The number of hydrogen-bond donors (Lipinski definition) is 1. The summed E-state index contributed by atoms with van der Waals surface area (Å²) in [6.07, 6.45) is 4.44. The van der Waals surface area contributed by atoms with Gasteiger partial charge in [-0.3, -0.25) is 0 Å². The molecule has 1 aromatic heterocycles. The van der Waals surface area contributed by atoms with Crippen LogP contribution in [0.15, 0.2) is 47.5 Å². The van der Waals surface area contributed by atoms with Gasteiger partial charge in [-0.05, 0) is 49.2 Å². The molecule has 1 aromatic carbocycles. The van der Waals surface area contributed by atoms with E-state index in [-0.39, 0.29) is 10.6 Å².